The van der Waals surface area contributed by atoms with Crippen molar-refractivity contribution in [3.8, 4) is 0 Å². The van der Waals surface area contributed by atoms with Gasteiger partial charge >= 0.3 is 5.97 Å². The molecule has 0 saturated carbocycles. The highest BCUT2D eigenvalue weighted by atomic mass is 35.5. The third kappa shape index (κ3) is 2.86. The molecular weight excluding hydrogens is 208 g/mol. The molecule has 0 atom stereocenters. The number of ether oxygens (including phenoxy) is 1. The van der Waals surface area contributed by atoms with Gasteiger partial charge in [0.2, 0.25) is 0 Å². The summed E-state index contributed by atoms with van der Waals surface area (Å²) in [7, 11) is 1.30. The average molecular weight is 217 g/mol. The molecule has 0 amide bonds. The second-order valence-electron chi connectivity index (χ2n) is 2.43. The zero-order valence-electron chi connectivity index (χ0n) is 7.33. The molecule has 1 aromatic rings. The summed E-state index contributed by atoms with van der Waals surface area (Å²) < 4.78 is 4.46. The maximum absolute atomic E-state index is 10.9. The molecule has 0 N–H and O–H groups in total. The Morgan fingerprint density at radius 2 is 2.31 bits per heavy atom. The van der Waals surface area contributed by atoms with Crippen molar-refractivity contribution >= 4 is 35.0 Å². The van der Waals surface area contributed by atoms with E-state index in [1.54, 1.807) is 17.4 Å². The van der Waals surface area contributed by atoms with Crippen LogP contribution in [-0.2, 0) is 9.53 Å². The Morgan fingerprint density at radius 3 is 2.77 bits per heavy atom. The van der Waals surface area contributed by atoms with Crippen LogP contribution in [0.1, 0.15) is 9.75 Å². The van der Waals surface area contributed by atoms with Crippen molar-refractivity contribution in [1.82, 2.24) is 0 Å². The fourth-order valence-corrected chi connectivity index (χ4v) is 1.89. The van der Waals surface area contributed by atoms with E-state index in [9.17, 15) is 4.79 Å². The van der Waals surface area contributed by atoms with Gasteiger partial charge in [-0.15, -0.1) is 11.3 Å². The first-order chi connectivity index (χ1) is 6.13. The van der Waals surface area contributed by atoms with Crippen LogP contribution < -0.4 is 0 Å². The minimum atomic E-state index is -0.507. The van der Waals surface area contributed by atoms with E-state index in [0.717, 1.165) is 4.88 Å². The first kappa shape index (κ1) is 10.3. The zero-order chi connectivity index (χ0) is 9.84. The van der Waals surface area contributed by atoms with Crippen LogP contribution in [0.25, 0.3) is 6.08 Å². The van der Waals surface area contributed by atoms with Gasteiger partial charge in [0.1, 0.15) is 5.03 Å². The second kappa shape index (κ2) is 4.44. The minimum Gasteiger partial charge on any atom is -0.465 e. The van der Waals surface area contributed by atoms with Gasteiger partial charge in [0.05, 0.1) is 7.11 Å². The number of carbonyl (C=O) groups is 1. The summed E-state index contributed by atoms with van der Waals surface area (Å²) in [6, 6.07) is 3.88. The summed E-state index contributed by atoms with van der Waals surface area (Å²) in [6.45, 7) is 1.99. The van der Waals surface area contributed by atoms with Crippen LogP contribution in [0.5, 0.6) is 0 Å². The SMILES string of the molecule is COC(=O)/C(Cl)=C/c1ccc(C)s1. The fraction of sp³-hybridized carbons (Fsp3) is 0.222. The van der Waals surface area contributed by atoms with Gasteiger partial charge in [-0.05, 0) is 25.1 Å². The van der Waals surface area contributed by atoms with Crippen molar-refractivity contribution in [3.63, 3.8) is 0 Å². The van der Waals surface area contributed by atoms with Gasteiger partial charge in [0.25, 0.3) is 0 Å². The molecule has 1 heterocycles. The largest absolute Gasteiger partial charge is 0.465 e. The van der Waals surface area contributed by atoms with Gasteiger partial charge in [-0.2, -0.15) is 0 Å². The maximum atomic E-state index is 10.9. The van der Waals surface area contributed by atoms with Crippen LogP contribution in [0.3, 0.4) is 0 Å². The Kier molecular flexibility index (Phi) is 3.51. The number of aryl methyl sites for hydroxylation is 1. The zero-order valence-corrected chi connectivity index (χ0v) is 8.91. The highest BCUT2D eigenvalue weighted by Gasteiger charge is 2.05. The van der Waals surface area contributed by atoms with Gasteiger partial charge < -0.3 is 4.74 Å². The van der Waals surface area contributed by atoms with E-state index in [2.05, 4.69) is 4.74 Å². The molecule has 0 unspecified atom stereocenters. The van der Waals surface area contributed by atoms with E-state index in [1.807, 2.05) is 19.1 Å². The molecule has 0 aliphatic heterocycles. The van der Waals surface area contributed by atoms with Crippen molar-refractivity contribution in [2.45, 2.75) is 6.92 Å². The molecule has 1 rings (SSSR count). The monoisotopic (exact) mass is 216 g/mol. The van der Waals surface area contributed by atoms with Gasteiger partial charge in [-0.1, -0.05) is 11.6 Å². The number of rotatable bonds is 2. The normalized spacial score (nSPS) is 11.5. The number of thiophene rings is 1. The Balaban J connectivity index is 2.82. The number of hydrogen-bond donors (Lipinski definition) is 0. The summed E-state index contributed by atoms with van der Waals surface area (Å²) in [6.07, 6.45) is 1.60. The van der Waals surface area contributed by atoms with Crippen molar-refractivity contribution in [2.24, 2.45) is 0 Å². The highest BCUT2D eigenvalue weighted by molar-refractivity contribution is 7.12. The lowest BCUT2D eigenvalue weighted by Crippen LogP contribution is -1.98. The van der Waals surface area contributed by atoms with E-state index in [0.29, 0.717) is 0 Å². The van der Waals surface area contributed by atoms with Gasteiger partial charge in [0, 0.05) is 9.75 Å². The molecule has 0 saturated heterocycles. The van der Waals surface area contributed by atoms with Crippen LogP contribution in [0, 0.1) is 6.92 Å². The van der Waals surface area contributed by atoms with Gasteiger partial charge in [-0.3, -0.25) is 0 Å². The first-order valence-electron chi connectivity index (χ1n) is 3.65. The summed E-state index contributed by atoms with van der Waals surface area (Å²) in [5, 5.41) is 0.101. The van der Waals surface area contributed by atoms with Crippen molar-refractivity contribution in [2.75, 3.05) is 7.11 Å². The number of methoxy groups -OCH3 is 1. The maximum Gasteiger partial charge on any atom is 0.349 e. The molecule has 0 aromatic carbocycles. The Hall–Kier alpha value is -0.800. The van der Waals surface area contributed by atoms with E-state index in [4.69, 9.17) is 11.6 Å². The summed E-state index contributed by atoms with van der Waals surface area (Å²) in [5.74, 6) is -0.507. The second-order valence-corrected chi connectivity index (χ2v) is 4.16. The van der Waals surface area contributed by atoms with E-state index in [-0.39, 0.29) is 5.03 Å². The molecule has 0 bridgehead atoms. The molecule has 0 aliphatic rings. The van der Waals surface area contributed by atoms with E-state index >= 15 is 0 Å². The summed E-state index contributed by atoms with van der Waals surface area (Å²) in [5.41, 5.74) is 0. The molecule has 0 spiro atoms. The Bertz CT molecular complexity index is 341. The van der Waals surface area contributed by atoms with E-state index in [1.165, 1.54) is 12.0 Å². The predicted octanol–water partition coefficient (Wildman–Crippen LogP) is 2.81. The molecule has 13 heavy (non-hydrogen) atoms. The number of halogens is 1. The van der Waals surface area contributed by atoms with Crippen molar-refractivity contribution < 1.29 is 9.53 Å². The number of esters is 1. The molecular formula is C9H9ClO2S. The van der Waals surface area contributed by atoms with Crippen LogP contribution in [0.4, 0.5) is 0 Å². The standard InChI is InChI=1S/C9H9ClO2S/c1-6-3-4-7(13-6)5-8(10)9(11)12-2/h3-5H,1-2H3/b8-5-. The molecule has 0 aliphatic carbocycles. The fourth-order valence-electron chi connectivity index (χ4n) is 0.812. The molecule has 1 aromatic heterocycles. The molecule has 2 nitrogen and oxygen atoms in total. The van der Waals surface area contributed by atoms with Crippen LogP contribution in [0.15, 0.2) is 17.2 Å². The third-order valence-electron chi connectivity index (χ3n) is 1.41. The lowest BCUT2D eigenvalue weighted by atomic mass is 10.4. The quantitative estimate of drug-likeness (QED) is 0.561. The topological polar surface area (TPSA) is 26.3 Å². The average Bonchev–Trinajstić information content (AvgIpc) is 2.49. The smallest absolute Gasteiger partial charge is 0.349 e. The molecule has 4 heteroatoms. The Labute approximate surface area is 85.8 Å². The van der Waals surface area contributed by atoms with Crippen LogP contribution in [-0.4, -0.2) is 13.1 Å². The first-order valence-corrected chi connectivity index (χ1v) is 4.85. The van der Waals surface area contributed by atoms with Crippen molar-refractivity contribution in [1.29, 1.82) is 0 Å². The predicted molar refractivity (Wildman–Crippen MR) is 54.9 cm³/mol. The number of hydrogen-bond acceptors (Lipinski definition) is 3. The van der Waals surface area contributed by atoms with Crippen LogP contribution in [0.2, 0.25) is 0 Å². The minimum absolute atomic E-state index is 0.101. The molecule has 70 valence electrons. The number of carbonyl (C=O) groups excluding carboxylic acids is 1. The lowest BCUT2D eigenvalue weighted by Gasteiger charge is -1.94. The van der Waals surface area contributed by atoms with Crippen molar-refractivity contribution in [3.05, 3.63) is 26.9 Å². The van der Waals surface area contributed by atoms with Gasteiger partial charge in [-0.25, -0.2) is 4.79 Å². The Morgan fingerprint density at radius 1 is 1.62 bits per heavy atom. The summed E-state index contributed by atoms with van der Waals surface area (Å²) >= 11 is 7.24. The van der Waals surface area contributed by atoms with Crippen LogP contribution >= 0.6 is 22.9 Å². The highest BCUT2D eigenvalue weighted by Crippen LogP contribution is 2.19. The lowest BCUT2D eigenvalue weighted by molar-refractivity contribution is -0.135. The third-order valence-corrected chi connectivity index (χ3v) is 2.62. The molecule has 0 fully saturated rings. The molecule has 0 radical (unpaired) electrons. The van der Waals surface area contributed by atoms with Gasteiger partial charge in [0.15, 0.2) is 0 Å². The summed E-state index contributed by atoms with van der Waals surface area (Å²) in [4.78, 5) is 13.0. The van der Waals surface area contributed by atoms with E-state index < -0.39 is 5.97 Å².